The number of carboxylic acids is 1. The van der Waals surface area contributed by atoms with Crippen LogP contribution < -0.4 is 40.0 Å². The molecule has 0 radical (unpaired) electrons. The van der Waals surface area contributed by atoms with E-state index in [4.69, 9.17) is 0 Å². The van der Waals surface area contributed by atoms with Gasteiger partial charge in [-0.15, -0.1) is 0 Å². The van der Waals surface area contributed by atoms with Crippen molar-refractivity contribution in [2.75, 3.05) is 26.7 Å². The Hall–Kier alpha value is -0.430. The van der Waals surface area contributed by atoms with Crippen molar-refractivity contribution < 1.29 is 49.0 Å². The van der Waals surface area contributed by atoms with E-state index in [0.29, 0.717) is 0 Å². The van der Waals surface area contributed by atoms with Crippen molar-refractivity contribution in [2.45, 2.75) is 71.1 Å². The summed E-state index contributed by atoms with van der Waals surface area (Å²) in [7, 11) is 1.63. The second kappa shape index (κ2) is 18.4. The number of hydrogen-bond donors (Lipinski definition) is 1. The number of nitrogens with one attached hydrogen (secondary N) is 1. The topological polar surface area (TPSA) is 89.5 Å². The van der Waals surface area contributed by atoms with Crippen LogP contribution >= 0.6 is 0 Å². The first-order chi connectivity index (χ1) is 11.5. The number of amides is 1. The molecule has 1 N–H and O–H groups in total. The first kappa shape index (κ1) is 26.8. The SMILES string of the molecule is CCCCCCCCCCCC(=O)N(CC(=O)[O-])CC(=O)CNC.[Na+]. The molecule has 0 spiro atoms. The van der Waals surface area contributed by atoms with Crippen LogP contribution in [0.4, 0.5) is 0 Å². The van der Waals surface area contributed by atoms with Crippen molar-refractivity contribution in [3.63, 3.8) is 0 Å². The maximum Gasteiger partial charge on any atom is 1.00 e. The molecule has 6 nitrogen and oxygen atoms in total. The van der Waals surface area contributed by atoms with E-state index in [1.54, 1.807) is 7.05 Å². The molecule has 0 aromatic rings. The van der Waals surface area contributed by atoms with Crippen molar-refractivity contribution in [3.8, 4) is 0 Å². The minimum atomic E-state index is -1.34. The van der Waals surface area contributed by atoms with E-state index < -0.39 is 12.5 Å². The monoisotopic (exact) mass is 364 g/mol. The number of likely N-dealkylation sites (N-methyl/N-ethyl adjacent to an activating group) is 1. The molecule has 0 unspecified atom stereocenters. The van der Waals surface area contributed by atoms with Crippen molar-refractivity contribution in [3.05, 3.63) is 0 Å². The van der Waals surface area contributed by atoms with E-state index in [2.05, 4.69) is 12.2 Å². The van der Waals surface area contributed by atoms with Crippen LogP contribution in [0.25, 0.3) is 0 Å². The Labute approximate surface area is 174 Å². The van der Waals surface area contributed by atoms with Crippen LogP contribution in [0.15, 0.2) is 0 Å². The van der Waals surface area contributed by atoms with Gasteiger partial charge in [-0.2, -0.15) is 0 Å². The molecule has 7 heteroatoms. The summed E-state index contributed by atoms with van der Waals surface area (Å²) in [5.41, 5.74) is 0. The molecule has 0 fully saturated rings. The zero-order valence-corrected chi connectivity index (χ0v) is 18.3. The molecule has 0 aliphatic heterocycles. The first-order valence-electron chi connectivity index (χ1n) is 9.15. The molecule has 1 amide bonds. The van der Waals surface area contributed by atoms with E-state index in [1.807, 2.05) is 0 Å². The summed E-state index contributed by atoms with van der Waals surface area (Å²) in [5, 5.41) is 13.4. The molecule has 0 aliphatic rings. The summed E-state index contributed by atoms with van der Waals surface area (Å²) >= 11 is 0. The first-order valence-corrected chi connectivity index (χ1v) is 9.15. The quantitative estimate of drug-likeness (QED) is 0.260. The number of carbonyl (C=O) groups is 3. The predicted molar refractivity (Wildman–Crippen MR) is 92.4 cm³/mol. The molecule has 0 atom stereocenters. The van der Waals surface area contributed by atoms with Gasteiger partial charge in [0.1, 0.15) is 0 Å². The summed E-state index contributed by atoms with van der Waals surface area (Å²) in [6, 6.07) is 0. The van der Waals surface area contributed by atoms with Crippen LogP contribution in [-0.4, -0.2) is 49.2 Å². The molecule has 140 valence electrons. The Morgan fingerprint density at radius 3 is 1.88 bits per heavy atom. The van der Waals surface area contributed by atoms with Crippen LogP contribution in [0.5, 0.6) is 0 Å². The van der Waals surface area contributed by atoms with Gasteiger partial charge in [0.2, 0.25) is 5.91 Å². The average molecular weight is 364 g/mol. The Kier molecular flexibility index (Phi) is 19.7. The molecule has 0 aliphatic carbocycles. The maximum atomic E-state index is 12.1. The van der Waals surface area contributed by atoms with E-state index in [-0.39, 0.29) is 60.8 Å². The fourth-order valence-electron chi connectivity index (χ4n) is 2.60. The maximum absolute atomic E-state index is 12.1. The number of aliphatic carboxylic acids is 1. The van der Waals surface area contributed by atoms with E-state index in [9.17, 15) is 19.5 Å². The summed E-state index contributed by atoms with van der Waals surface area (Å²) in [4.78, 5) is 35.5. The minimum absolute atomic E-state index is 0. The zero-order valence-electron chi connectivity index (χ0n) is 16.3. The Morgan fingerprint density at radius 1 is 0.880 bits per heavy atom. The van der Waals surface area contributed by atoms with Gasteiger partial charge in [-0.25, -0.2) is 0 Å². The van der Waals surface area contributed by atoms with Crippen LogP contribution in [-0.2, 0) is 14.4 Å². The number of carboxylic acid groups (broad SMARTS) is 1. The molecule has 0 heterocycles. The molecule has 0 aromatic heterocycles. The fraction of sp³-hybridized carbons (Fsp3) is 0.833. The molecular weight excluding hydrogens is 331 g/mol. The van der Waals surface area contributed by atoms with Gasteiger partial charge in [0.15, 0.2) is 5.78 Å². The summed E-state index contributed by atoms with van der Waals surface area (Å²) in [5.74, 6) is -1.83. The Balaban J connectivity index is 0. The average Bonchev–Trinajstić information content (AvgIpc) is 2.52. The summed E-state index contributed by atoms with van der Waals surface area (Å²) in [6.45, 7) is 1.62. The molecular formula is C18H33N2NaO4. The summed E-state index contributed by atoms with van der Waals surface area (Å²) in [6.07, 6.45) is 10.6. The molecule has 0 rings (SSSR count). The number of carbonyl (C=O) groups excluding carboxylic acids is 3. The predicted octanol–water partition coefficient (Wildman–Crippen LogP) is -1.72. The smallest absolute Gasteiger partial charge is 0.548 e. The molecule has 0 aromatic carbocycles. The van der Waals surface area contributed by atoms with Gasteiger partial charge in [0.05, 0.1) is 25.6 Å². The Morgan fingerprint density at radius 2 is 1.40 bits per heavy atom. The third kappa shape index (κ3) is 16.8. The van der Waals surface area contributed by atoms with Crippen molar-refractivity contribution in [2.24, 2.45) is 0 Å². The molecule has 0 saturated heterocycles. The van der Waals surface area contributed by atoms with Gasteiger partial charge in [0, 0.05) is 6.42 Å². The number of ketones is 1. The molecule has 0 bridgehead atoms. The van der Waals surface area contributed by atoms with Crippen molar-refractivity contribution >= 4 is 17.7 Å². The van der Waals surface area contributed by atoms with E-state index in [1.165, 1.54) is 38.5 Å². The van der Waals surface area contributed by atoms with Gasteiger partial charge >= 0.3 is 29.6 Å². The van der Waals surface area contributed by atoms with Crippen LogP contribution in [0.3, 0.4) is 0 Å². The van der Waals surface area contributed by atoms with Crippen LogP contribution in [0, 0.1) is 0 Å². The van der Waals surface area contributed by atoms with Crippen LogP contribution in [0.1, 0.15) is 71.1 Å². The van der Waals surface area contributed by atoms with Gasteiger partial charge in [-0.1, -0.05) is 58.3 Å². The van der Waals surface area contributed by atoms with E-state index in [0.717, 1.165) is 24.2 Å². The standard InChI is InChI=1S/C18H34N2O4.Na/c1-3-4-5-6-7-8-9-10-11-12-17(22)20(15-18(23)24)14-16(21)13-19-2;/h19H,3-15H2,1-2H3,(H,23,24);/q;+1/p-1. The van der Waals surface area contributed by atoms with E-state index >= 15 is 0 Å². The Bertz CT molecular complexity index is 378. The molecule has 0 saturated carbocycles. The minimum Gasteiger partial charge on any atom is -0.548 e. The zero-order chi connectivity index (χ0) is 18.2. The largest absolute Gasteiger partial charge is 1.00 e. The third-order valence-electron chi connectivity index (χ3n) is 3.91. The number of nitrogens with zero attached hydrogens (tertiary/aromatic N) is 1. The summed E-state index contributed by atoms with van der Waals surface area (Å²) < 4.78 is 0. The number of rotatable bonds is 16. The van der Waals surface area contributed by atoms with Crippen LogP contribution in [0.2, 0.25) is 0 Å². The fourth-order valence-corrected chi connectivity index (χ4v) is 2.60. The van der Waals surface area contributed by atoms with Gasteiger partial charge < -0.3 is 20.1 Å². The normalized spacial score (nSPS) is 10.2. The number of unbranched alkanes of at least 4 members (excludes halogenated alkanes) is 8. The number of Topliss-reactive ketones (excluding diaryl/α,β-unsaturated/α-hetero) is 1. The molecule has 25 heavy (non-hydrogen) atoms. The number of hydrogen-bond acceptors (Lipinski definition) is 5. The van der Waals surface area contributed by atoms with Crippen molar-refractivity contribution in [1.29, 1.82) is 0 Å². The second-order valence-corrected chi connectivity index (χ2v) is 6.27. The van der Waals surface area contributed by atoms with Crippen molar-refractivity contribution in [1.82, 2.24) is 10.2 Å². The third-order valence-corrected chi connectivity index (χ3v) is 3.91. The second-order valence-electron chi connectivity index (χ2n) is 6.27. The van der Waals surface area contributed by atoms with Gasteiger partial charge in [-0.3, -0.25) is 9.59 Å². The van der Waals surface area contributed by atoms with Gasteiger partial charge in [0.25, 0.3) is 0 Å². The van der Waals surface area contributed by atoms with Gasteiger partial charge in [-0.05, 0) is 13.5 Å².